The number of ether oxygens (including phenoxy) is 1. The number of nitrogens with zero attached hydrogens (tertiary/aromatic N) is 1. The minimum Gasteiger partial charge on any atom is -0.379 e. The molecule has 0 bridgehead atoms. The lowest BCUT2D eigenvalue weighted by molar-refractivity contribution is -0.0205. The van der Waals surface area contributed by atoms with E-state index >= 15 is 0 Å². The summed E-state index contributed by atoms with van der Waals surface area (Å²) in [4.78, 5) is 2.65. The predicted octanol–water partition coefficient (Wildman–Crippen LogP) is 1.65. The molecule has 0 radical (unpaired) electrons. The van der Waals surface area contributed by atoms with Gasteiger partial charge in [0.05, 0.1) is 13.2 Å². The molecule has 2 aliphatic rings. The fraction of sp³-hybridized carbons (Fsp3) is 1.00. The first-order valence-corrected chi connectivity index (χ1v) is 5.21. The van der Waals surface area contributed by atoms with Crippen LogP contribution in [0.1, 0.15) is 32.6 Å². The average Bonchev–Trinajstić information content (AvgIpc) is 2.57. The molecule has 1 atom stereocenters. The highest BCUT2D eigenvalue weighted by molar-refractivity contribution is 4.82. The molecule has 0 spiro atoms. The highest BCUT2D eigenvalue weighted by Gasteiger charge is 2.28. The maximum Gasteiger partial charge on any atom is 0.0619 e. The monoisotopic (exact) mass is 169 g/mol. The summed E-state index contributed by atoms with van der Waals surface area (Å²) in [6.07, 6.45) is 5.72. The molecule has 0 aromatic heterocycles. The van der Waals surface area contributed by atoms with Crippen molar-refractivity contribution in [2.45, 2.75) is 44.7 Å². The van der Waals surface area contributed by atoms with Gasteiger partial charge in [0.1, 0.15) is 0 Å². The van der Waals surface area contributed by atoms with Crippen LogP contribution >= 0.6 is 0 Å². The fourth-order valence-corrected chi connectivity index (χ4v) is 2.52. The van der Waals surface area contributed by atoms with E-state index in [0.29, 0.717) is 6.04 Å². The summed E-state index contributed by atoms with van der Waals surface area (Å²) >= 11 is 0. The van der Waals surface area contributed by atoms with Gasteiger partial charge in [-0.15, -0.1) is 0 Å². The Bertz CT molecular complexity index is 143. The smallest absolute Gasteiger partial charge is 0.0619 e. The summed E-state index contributed by atoms with van der Waals surface area (Å²) < 4.78 is 5.43. The number of hydrogen-bond donors (Lipinski definition) is 0. The Balaban J connectivity index is 1.91. The molecule has 70 valence electrons. The van der Waals surface area contributed by atoms with Crippen molar-refractivity contribution in [2.75, 3.05) is 19.8 Å². The Labute approximate surface area is 74.9 Å². The van der Waals surface area contributed by atoms with Crippen LogP contribution in [0.15, 0.2) is 0 Å². The van der Waals surface area contributed by atoms with E-state index in [4.69, 9.17) is 4.74 Å². The minimum absolute atomic E-state index is 0.654. The zero-order chi connectivity index (χ0) is 8.39. The number of rotatable bonds is 1. The third-order valence-electron chi connectivity index (χ3n) is 3.21. The van der Waals surface area contributed by atoms with Gasteiger partial charge in [0.2, 0.25) is 0 Å². The molecule has 0 amide bonds. The summed E-state index contributed by atoms with van der Waals surface area (Å²) in [5.41, 5.74) is 0. The van der Waals surface area contributed by atoms with Gasteiger partial charge in [-0.25, -0.2) is 0 Å². The molecular weight excluding hydrogens is 150 g/mol. The summed E-state index contributed by atoms with van der Waals surface area (Å²) in [6.45, 7) is 5.33. The molecule has 0 unspecified atom stereocenters. The van der Waals surface area contributed by atoms with Gasteiger partial charge < -0.3 is 4.74 Å². The summed E-state index contributed by atoms with van der Waals surface area (Å²) in [6, 6.07) is 1.53. The first-order chi connectivity index (χ1) is 5.88. The van der Waals surface area contributed by atoms with Crippen LogP contribution in [-0.4, -0.2) is 36.7 Å². The van der Waals surface area contributed by atoms with Crippen molar-refractivity contribution in [2.24, 2.45) is 0 Å². The molecule has 1 saturated heterocycles. The van der Waals surface area contributed by atoms with E-state index in [0.717, 1.165) is 25.8 Å². The molecule has 1 heterocycles. The second-order valence-corrected chi connectivity index (χ2v) is 4.10. The van der Waals surface area contributed by atoms with Gasteiger partial charge in [-0.3, -0.25) is 4.90 Å². The lowest BCUT2D eigenvalue weighted by atomic mass is 10.1. The molecule has 0 aromatic rings. The molecule has 0 aromatic carbocycles. The second-order valence-electron chi connectivity index (χ2n) is 4.10. The Morgan fingerprint density at radius 3 is 2.67 bits per heavy atom. The van der Waals surface area contributed by atoms with Crippen molar-refractivity contribution in [3.8, 4) is 0 Å². The van der Waals surface area contributed by atoms with E-state index in [1.807, 2.05) is 0 Å². The quantitative estimate of drug-likeness (QED) is 0.592. The van der Waals surface area contributed by atoms with Crippen LogP contribution in [0.4, 0.5) is 0 Å². The first-order valence-electron chi connectivity index (χ1n) is 5.21. The molecule has 12 heavy (non-hydrogen) atoms. The zero-order valence-corrected chi connectivity index (χ0v) is 7.96. The molecule has 2 rings (SSSR count). The van der Waals surface area contributed by atoms with E-state index in [9.17, 15) is 0 Å². The molecule has 1 saturated carbocycles. The Kier molecular flexibility index (Phi) is 2.66. The first kappa shape index (κ1) is 8.52. The Morgan fingerprint density at radius 1 is 1.25 bits per heavy atom. The lowest BCUT2D eigenvalue weighted by Crippen LogP contribution is -2.48. The second kappa shape index (κ2) is 3.75. The van der Waals surface area contributed by atoms with Crippen molar-refractivity contribution in [3.63, 3.8) is 0 Å². The molecule has 2 fully saturated rings. The molecule has 1 aliphatic heterocycles. The molecular formula is C10H19NO. The highest BCUT2D eigenvalue weighted by atomic mass is 16.5. The summed E-state index contributed by atoms with van der Waals surface area (Å²) in [5.74, 6) is 0. The predicted molar refractivity (Wildman–Crippen MR) is 49.2 cm³/mol. The van der Waals surface area contributed by atoms with Gasteiger partial charge in [-0.05, 0) is 19.8 Å². The average molecular weight is 169 g/mol. The van der Waals surface area contributed by atoms with Gasteiger partial charge in [0, 0.05) is 18.6 Å². The molecule has 0 N–H and O–H groups in total. The Morgan fingerprint density at radius 2 is 2.00 bits per heavy atom. The number of morpholine rings is 1. The molecule has 1 aliphatic carbocycles. The van der Waals surface area contributed by atoms with Crippen LogP contribution < -0.4 is 0 Å². The van der Waals surface area contributed by atoms with Crippen molar-refractivity contribution < 1.29 is 4.74 Å². The van der Waals surface area contributed by atoms with Gasteiger partial charge in [-0.2, -0.15) is 0 Å². The van der Waals surface area contributed by atoms with E-state index in [1.165, 1.54) is 25.7 Å². The molecule has 2 heteroatoms. The third-order valence-corrected chi connectivity index (χ3v) is 3.21. The van der Waals surface area contributed by atoms with E-state index in [2.05, 4.69) is 11.8 Å². The van der Waals surface area contributed by atoms with Crippen LogP contribution in [0.2, 0.25) is 0 Å². The van der Waals surface area contributed by atoms with Crippen molar-refractivity contribution in [1.82, 2.24) is 4.90 Å². The van der Waals surface area contributed by atoms with Crippen LogP contribution in [0, 0.1) is 0 Å². The van der Waals surface area contributed by atoms with Crippen molar-refractivity contribution in [1.29, 1.82) is 0 Å². The molecule has 2 nitrogen and oxygen atoms in total. The van der Waals surface area contributed by atoms with Crippen LogP contribution in [-0.2, 0) is 4.74 Å². The van der Waals surface area contributed by atoms with Gasteiger partial charge in [0.15, 0.2) is 0 Å². The fourth-order valence-electron chi connectivity index (χ4n) is 2.52. The van der Waals surface area contributed by atoms with Crippen LogP contribution in [0.25, 0.3) is 0 Å². The number of hydrogen-bond acceptors (Lipinski definition) is 2. The third kappa shape index (κ3) is 1.64. The largest absolute Gasteiger partial charge is 0.379 e. The summed E-state index contributed by atoms with van der Waals surface area (Å²) in [7, 11) is 0. The topological polar surface area (TPSA) is 12.5 Å². The van der Waals surface area contributed by atoms with Crippen LogP contribution in [0.5, 0.6) is 0 Å². The Hall–Kier alpha value is -0.0800. The SMILES string of the molecule is C[C@@H]1COCCN1C1CCCC1. The maximum absolute atomic E-state index is 5.43. The van der Waals surface area contributed by atoms with Crippen molar-refractivity contribution >= 4 is 0 Å². The summed E-state index contributed by atoms with van der Waals surface area (Å²) in [5, 5.41) is 0. The van der Waals surface area contributed by atoms with Gasteiger partial charge >= 0.3 is 0 Å². The van der Waals surface area contributed by atoms with Gasteiger partial charge in [-0.1, -0.05) is 12.8 Å². The normalized spacial score (nSPS) is 34.2. The van der Waals surface area contributed by atoms with Gasteiger partial charge in [0.25, 0.3) is 0 Å². The minimum atomic E-state index is 0.654. The zero-order valence-electron chi connectivity index (χ0n) is 7.96. The van der Waals surface area contributed by atoms with E-state index < -0.39 is 0 Å². The van der Waals surface area contributed by atoms with E-state index in [1.54, 1.807) is 0 Å². The lowest BCUT2D eigenvalue weighted by Gasteiger charge is -2.37. The van der Waals surface area contributed by atoms with E-state index in [-0.39, 0.29) is 0 Å². The standard InChI is InChI=1S/C10H19NO/c1-9-8-12-7-6-11(9)10-4-2-3-5-10/h9-10H,2-8H2,1H3/t9-/m1/s1. The highest BCUT2D eigenvalue weighted by Crippen LogP contribution is 2.25. The maximum atomic E-state index is 5.43. The van der Waals surface area contributed by atoms with Crippen molar-refractivity contribution in [3.05, 3.63) is 0 Å². The van der Waals surface area contributed by atoms with Crippen LogP contribution in [0.3, 0.4) is 0 Å².